The molecule has 1 saturated heterocycles. The van der Waals surface area contributed by atoms with Crippen molar-refractivity contribution in [2.45, 2.75) is 25.7 Å². The van der Waals surface area contributed by atoms with Gasteiger partial charge < -0.3 is 24.8 Å². The van der Waals surface area contributed by atoms with Crippen molar-refractivity contribution in [3.63, 3.8) is 0 Å². The maximum atomic E-state index is 12.3. The van der Waals surface area contributed by atoms with Gasteiger partial charge in [-0.25, -0.2) is 0 Å². The number of hydrogen-bond donors (Lipinski definition) is 2. The summed E-state index contributed by atoms with van der Waals surface area (Å²) in [6, 6.07) is 5.65. The Morgan fingerprint density at radius 1 is 1.19 bits per heavy atom. The zero-order valence-corrected chi connectivity index (χ0v) is 16.7. The number of rotatable bonds is 9. The van der Waals surface area contributed by atoms with Crippen LogP contribution < -0.4 is 20.1 Å². The highest BCUT2D eigenvalue weighted by atomic mass is 35.5. The largest absolute Gasteiger partial charge is 0.497 e. The van der Waals surface area contributed by atoms with Crippen molar-refractivity contribution in [2.24, 2.45) is 5.41 Å². The Morgan fingerprint density at radius 2 is 1.92 bits per heavy atom. The lowest BCUT2D eigenvalue weighted by atomic mass is 9.79. The molecule has 0 bridgehead atoms. The number of carbonyl (C=O) groups is 1. The number of hydrogen-bond acceptors (Lipinski definition) is 5. The summed E-state index contributed by atoms with van der Waals surface area (Å²) in [6.45, 7) is 3.29. The molecule has 1 aliphatic rings. The summed E-state index contributed by atoms with van der Waals surface area (Å²) in [5, 5.41) is 6.46. The van der Waals surface area contributed by atoms with Gasteiger partial charge in [0.05, 0.1) is 20.8 Å². The molecule has 1 aromatic carbocycles. The standard InChI is InChI=1S/C19H30N2O4.ClH/c1-23-14-19(8-10-20-11-9-19)13-21-18(22)7-4-15-12-16(24-2)5-6-17(15)25-3;/h5-6,12,20H,4,7-11,13-14H2,1-3H3,(H,21,22);1H. The van der Waals surface area contributed by atoms with Gasteiger partial charge in [0.2, 0.25) is 5.91 Å². The van der Waals surface area contributed by atoms with E-state index in [2.05, 4.69) is 10.6 Å². The smallest absolute Gasteiger partial charge is 0.220 e. The Bertz CT molecular complexity index is 557. The summed E-state index contributed by atoms with van der Waals surface area (Å²) < 4.78 is 16.0. The number of piperidine rings is 1. The van der Waals surface area contributed by atoms with Gasteiger partial charge in [0.1, 0.15) is 11.5 Å². The molecule has 2 rings (SSSR count). The monoisotopic (exact) mass is 386 g/mol. The summed E-state index contributed by atoms with van der Waals surface area (Å²) in [4.78, 5) is 12.3. The van der Waals surface area contributed by atoms with Crippen LogP contribution in [0.3, 0.4) is 0 Å². The van der Waals surface area contributed by atoms with E-state index >= 15 is 0 Å². The maximum Gasteiger partial charge on any atom is 0.220 e. The lowest BCUT2D eigenvalue weighted by molar-refractivity contribution is -0.122. The summed E-state index contributed by atoms with van der Waals surface area (Å²) in [7, 11) is 4.99. The van der Waals surface area contributed by atoms with Crippen LogP contribution in [-0.2, 0) is 16.0 Å². The van der Waals surface area contributed by atoms with Gasteiger partial charge in [-0.05, 0) is 56.1 Å². The molecule has 1 aliphatic heterocycles. The molecule has 1 heterocycles. The molecule has 1 fully saturated rings. The van der Waals surface area contributed by atoms with E-state index in [0.29, 0.717) is 26.0 Å². The SMILES string of the molecule is COCC1(CNC(=O)CCc2cc(OC)ccc2OC)CCNCC1.Cl. The number of aryl methyl sites for hydroxylation is 1. The van der Waals surface area contributed by atoms with E-state index < -0.39 is 0 Å². The molecule has 1 aromatic rings. The van der Waals surface area contributed by atoms with Crippen molar-refractivity contribution in [1.82, 2.24) is 10.6 Å². The Kier molecular flexibility index (Phi) is 9.76. The normalized spacial score (nSPS) is 15.7. The van der Waals surface area contributed by atoms with E-state index in [1.165, 1.54) is 0 Å². The van der Waals surface area contributed by atoms with Gasteiger partial charge in [-0.15, -0.1) is 12.4 Å². The average Bonchev–Trinajstić information content (AvgIpc) is 2.65. The van der Waals surface area contributed by atoms with Gasteiger partial charge in [0.25, 0.3) is 0 Å². The number of halogens is 1. The van der Waals surface area contributed by atoms with E-state index in [0.717, 1.165) is 43.0 Å². The zero-order chi connectivity index (χ0) is 18.1. The topological polar surface area (TPSA) is 68.8 Å². The van der Waals surface area contributed by atoms with Gasteiger partial charge in [-0.3, -0.25) is 4.79 Å². The predicted molar refractivity (Wildman–Crippen MR) is 105 cm³/mol. The van der Waals surface area contributed by atoms with Crippen molar-refractivity contribution in [1.29, 1.82) is 0 Å². The van der Waals surface area contributed by atoms with Crippen molar-refractivity contribution >= 4 is 18.3 Å². The van der Waals surface area contributed by atoms with E-state index in [1.807, 2.05) is 18.2 Å². The lowest BCUT2D eigenvalue weighted by Gasteiger charge is -2.37. The number of ether oxygens (including phenoxy) is 3. The molecule has 0 saturated carbocycles. The van der Waals surface area contributed by atoms with Gasteiger partial charge in [-0.1, -0.05) is 0 Å². The fourth-order valence-corrected chi connectivity index (χ4v) is 3.34. The Morgan fingerprint density at radius 3 is 2.54 bits per heavy atom. The highest BCUT2D eigenvalue weighted by Crippen LogP contribution is 2.28. The Balaban J connectivity index is 0.00000338. The minimum Gasteiger partial charge on any atom is -0.497 e. The minimum absolute atomic E-state index is 0. The number of carbonyl (C=O) groups excluding carboxylic acids is 1. The molecule has 148 valence electrons. The van der Waals surface area contributed by atoms with Crippen LogP contribution >= 0.6 is 12.4 Å². The molecule has 2 N–H and O–H groups in total. The second-order valence-electron chi connectivity index (χ2n) is 6.64. The first-order chi connectivity index (χ1) is 12.1. The van der Waals surface area contributed by atoms with Gasteiger partial charge in [0, 0.05) is 25.5 Å². The van der Waals surface area contributed by atoms with Crippen LogP contribution in [0, 0.1) is 5.41 Å². The highest BCUT2D eigenvalue weighted by molar-refractivity contribution is 5.85. The molecule has 0 spiro atoms. The van der Waals surface area contributed by atoms with Crippen LogP contribution in [0.5, 0.6) is 11.5 Å². The third kappa shape index (κ3) is 6.34. The number of methoxy groups -OCH3 is 3. The minimum atomic E-state index is 0. The maximum absolute atomic E-state index is 12.3. The van der Waals surface area contributed by atoms with Gasteiger partial charge in [0.15, 0.2) is 0 Å². The first-order valence-corrected chi connectivity index (χ1v) is 8.80. The highest BCUT2D eigenvalue weighted by Gasteiger charge is 2.32. The summed E-state index contributed by atoms with van der Waals surface area (Å²) >= 11 is 0. The first kappa shape index (κ1) is 22.5. The van der Waals surface area contributed by atoms with E-state index in [9.17, 15) is 4.79 Å². The Labute approximate surface area is 162 Å². The fraction of sp³-hybridized carbons (Fsp3) is 0.632. The van der Waals surface area contributed by atoms with Crippen molar-refractivity contribution in [3.8, 4) is 11.5 Å². The summed E-state index contributed by atoms with van der Waals surface area (Å²) in [6.07, 6.45) is 3.07. The molecular formula is C19H31ClN2O4. The molecule has 0 atom stereocenters. The second kappa shape index (κ2) is 11.3. The summed E-state index contributed by atoms with van der Waals surface area (Å²) in [5.41, 5.74) is 1.02. The third-order valence-corrected chi connectivity index (χ3v) is 4.88. The first-order valence-electron chi connectivity index (χ1n) is 8.80. The molecule has 0 unspecified atom stereocenters. The third-order valence-electron chi connectivity index (χ3n) is 4.88. The quantitative estimate of drug-likeness (QED) is 0.680. The molecule has 6 nitrogen and oxygen atoms in total. The van der Waals surface area contributed by atoms with Crippen LogP contribution in [0.25, 0.3) is 0 Å². The number of nitrogens with one attached hydrogen (secondary N) is 2. The van der Waals surface area contributed by atoms with Crippen molar-refractivity contribution in [3.05, 3.63) is 23.8 Å². The zero-order valence-electron chi connectivity index (χ0n) is 15.9. The summed E-state index contributed by atoms with van der Waals surface area (Å²) in [5.74, 6) is 1.60. The van der Waals surface area contributed by atoms with Crippen LogP contribution in [-0.4, -0.2) is 53.5 Å². The molecule has 26 heavy (non-hydrogen) atoms. The van der Waals surface area contributed by atoms with Crippen LogP contribution in [0.4, 0.5) is 0 Å². The molecule has 7 heteroatoms. The lowest BCUT2D eigenvalue weighted by Crippen LogP contribution is -2.47. The second-order valence-corrected chi connectivity index (χ2v) is 6.64. The fourth-order valence-electron chi connectivity index (χ4n) is 3.34. The molecule has 0 radical (unpaired) electrons. The number of amides is 1. The van der Waals surface area contributed by atoms with Crippen molar-refractivity contribution in [2.75, 3.05) is 47.6 Å². The van der Waals surface area contributed by atoms with Crippen LogP contribution in [0.2, 0.25) is 0 Å². The van der Waals surface area contributed by atoms with E-state index in [4.69, 9.17) is 14.2 Å². The number of benzene rings is 1. The van der Waals surface area contributed by atoms with Gasteiger partial charge >= 0.3 is 0 Å². The Hall–Kier alpha value is -1.50. The predicted octanol–water partition coefficient (Wildman–Crippen LogP) is 2.19. The molecule has 1 amide bonds. The molecular weight excluding hydrogens is 356 g/mol. The average molecular weight is 387 g/mol. The van der Waals surface area contributed by atoms with E-state index in [-0.39, 0.29) is 23.7 Å². The van der Waals surface area contributed by atoms with Gasteiger partial charge in [-0.2, -0.15) is 0 Å². The molecule has 0 aromatic heterocycles. The van der Waals surface area contributed by atoms with E-state index in [1.54, 1.807) is 21.3 Å². The molecule has 0 aliphatic carbocycles. The van der Waals surface area contributed by atoms with Crippen LogP contribution in [0.15, 0.2) is 18.2 Å². The van der Waals surface area contributed by atoms with Crippen molar-refractivity contribution < 1.29 is 19.0 Å². The van der Waals surface area contributed by atoms with Crippen LogP contribution in [0.1, 0.15) is 24.8 Å².